The number of nitro benzene ring substituents is 1. The molecule has 76 valence electrons. The summed E-state index contributed by atoms with van der Waals surface area (Å²) in [5, 5.41) is 22.4. The predicted molar refractivity (Wildman–Crippen MR) is 52.6 cm³/mol. The van der Waals surface area contributed by atoms with Gasteiger partial charge in [0.2, 0.25) is 0 Å². The van der Waals surface area contributed by atoms with E-state index in [1.807, 2.05) is 0 Å². The lowest BCUT2D eigenvalue weighted by atomic mass is 10.1. The molecule has 1 heterocycles. The van der Waals surface area contributed by atoms with Gasteiger partial charge in [-0.2, -0.15) is 0 Å². The third-order valence-electron chi connectivity index (χ3n) is 2.13. The SMILES string of the molecule is Cc1ccc2c([N+](=O)[O-])ccc([O-])c2n1. The average Bonchev–Trinajstić information content (AvgIpc) is 2.19. The lowest BCUT2D eigenvalue weighted by Gasteiger charge is -2.09. The summed E-state index contributed by atoms with van der Waals surface area (Å²) in [5.41, 5.74) is 0.737. The number of hydrogen-bond acceptors (Lipinski definition) is 4. The van der Waals surface area contributed by atoms with E-state index in [2.05, 4.69) is 4.98 Å². The molecule has 2 rings (SSSR count). The topological polar surface area (TPSA) is 79.1 Å². The highest BCUT2D eigenvalue weighted by molar-refractivity contribution is 5.91. The van der Waals surface area contributed by atoms with Gasteiger partial charge in [-0.1, -0.05) is 11.8 Å². The Bertz CT molecular complexity index is 552. The molecule has 0 aliphatic heterocycles. The number of nitrogens with zero attached hydrogens (tertiary/aromatic N) is 2. The number of aryl methyl sites for hydroxylation is 1. The van der Waals surface area contributed by atoms with E-state index in [9.17, 15) is 15.2 Å². The van der Waals surface area contributed by atoms with Gasteiger partial charge in [0.05, 0.1) is 15.8 Å². The highest BCUT2D eigenvalue weighted by atomic mass is 16.6. The van der Waals surface area contributed by atoms with Crippen molar-refractivity contribution in [2.24, 2.45) is 0 Å². The van der Waals surface area contributed by atoms with Gasteiger partial charge in [0.15, 0.2) is 0 Å². The largest absolute Gasteiger partial charge is 0.871 e. The summed E-state index contributed by atoms with van der Waals surface area (Å²) in [6.07, 6.45) is 0. The van der Waals surface area contributed by atoms with Crippen LogP contribution >= 0.6 is 0 Å². The van der Waals surface area contributed by atoms with Crippen LogP contribution in [-0.2, 0) is 0 Å². The standard InChI is InChI=1S/C10H8N2O3/c1-6-2-3-7-8(12(14)15)4-5-9(13)10(7)11-6/h2-5,13H,1H3/p-1. The van der Waals surface area contributed by atoms with Crippen LogP contribution in [0.4, 0.5) is 5.69 Å². The molecule has 15 heavy (non-hydrogen) atoms. The second kappa shape index (κ2) is 3.20. The lowest BCUT2D eigenvalue weighted by molar-refractivity contribution is -0.383. The molecule has 1 aromatic carbocycles. The molecule has 0 bridgehead atoms. The van der Waals surface area contributed by atoms with Gasteiger partial charge in [0, 0.05) is 11.8 Å². The van der Waals surface area contributed by atoms with Crippen molar-refractivity contribution in [3.63, 3.8) is 0 Å². The number of pyridine rings is 1. The van der Waals surface area contributed by atoms with Crippen LogP contribution in [0.5, 0.6) is 5.75 Å². The predicted octanol–water partition coefficient (Wildman–Crippen LogP) is 1.53. The van der Waals surface area contributed by atoms with Crippen molar-refractivity contribution in [2.75, 3.05) is 0 Å². The zero-order valence-corrected chi connectivity index (χ0v) is 7.93. The normalized spacial score (nSPS) is 10.5. The highest BCUT2D eigenvalue weighted by Crippen LogP contribution is 2.29. The summed E-state index contributed by atoms with van der Waals surface area (Å²) >= 11 is 0. The maximum absolute atomic E-state index is 11.4. The maximum atomic E-state index is 11.4. The molecule has 0 saturated heterocycles. The fourth-order valence-corrected chi connectivity index (χ4v) is 1.43. The van der Waals surface area contributed by atoms with E-state index in [0.29, 0.717) is 5.69 Å². The van der Waals surface area contributed by atoms with Crippen molar-refractivity contribution >= 4 is 16.6 Å². The van der Waals surface area contributed by atoms with Crippen molar-refractivity contribution in [1.82, 2.24) is 4.98 Å². The van der Waals surface area contributed by atoms with Gasteiger partial charge in [0.25, 0.3) is 5.69 Å². The quantitative estimate of drug-likeness (QED) is 0.520. The van der Waals surface area contributed by atoms with Crippen LogP contribution in [0.25, 0.3) is 10.9 Å². The van der Waals surface area contributed by atoms with Gasteiger partial charge in [-0.25, -0.2) is 0 Å². The first-order valence-corrected chi connectivity index (χ1v) is 4.31. The summed E-state index contributed by atoms with van der Waals surface area (Å²) in [6.45, 7) is 1.73. The van der Waals surface area contributed by atoms with Crippen LogP contribution in [0.1, 0.15) is 5.69 Å². The van der Waals surface area contributed by atoms with Gasteiger partial charge in [-0.05, 0) is 19.1 Å². The minimum Gasteiger partial charge on any atom is -0.871 e. The molecule has 0 saturated carbocycles. The van der Waals surface area contributed by atoms with Gasteiger partial charge >= 0.3 is 0 Å². The number of non-ortho nitro benzene ring substituents is 1. The molecule has 0 aliphatic carbocycles. The summed E-state index contributed by atoms with van der Waals surface area (Å²) < 4.78 is 0. The Balaban J connectivity index is 2.88. The zero-order valence-electron chi connectivity index (χ0n) is 7.93. The van der Waals surface area contributed by atoms with Crippen molar-refractivity contribution in [1.29, 1.82) is 0 Å². The number of benzene rings is 1. The van der Waals surface area contributed by atoms with Crippen molar-refractivity contribution in [3.8, 4) is 5.75 Å². The third kappa shape index (κ3) is 1.48. The number of aromatic nitrogens is 1. The molecule has 5 nitrogen and oxygen atoms in total. The molecule has 5 heteroatoms. The van der Waals surface area contributed by atoms with Crippen LogP contribution in [0.3, 0.4) is 0 Å². The first kappa shape index (κ1) is 9.39. The molecule has 0 unspecified atom stereocenters. The fourth-order valence-electron chi connectivity index (χ4n) is 1.43. The van der Waals surface area contributed by atoms with Gasteiger partial charge in [-0.3, -0.25) is 15.1 Å². The van der Waals surface area contributed by atoms with E-state index in [0.717, 1.165) is 0 Å². The number of hydrogen-bond donors (Lipinski definition) is 0. The van der Waals surface area contributed by atoms with Gasteiger partial charge in [0.1, 0.15) is 0 Å². The smallest absolute Gasteiger partial charge is 0.278 e. The summed E-state index contributed by atoms with van der Waals surface area (Å²) in [4.78, 5) is 14.2. The Morgan fingerprint density at radius 2 is 2.00 bits per heavy atom. The molecule has 0 spiro atoms. The number of nitro groups is 1. The highest BCUT2D eigenvalue weighted by Gasteiger charge is 2.11. The minimum absolute atomic E-state index is 0.0860. The molecule has 0 aliphatic rings. The van der Waals surface area contributed by atoms with Crippen LogP contribution in [0, 0.1) is 17.0 Å². The van der Waals surface area contributed by atoms with E-state index >= 15 is 0 Å². The van der Waals surface area contributed by atoms with Gasteiger partial charge < -0.3 is 5.11 Å². The molecular weight excluding hydrogens is 196 g/mol. The molecule has 0 amide bonds. The second-order valence-corrected chi connectivity index (χ2v) is 3.19. The molecule has 0 fully saturated rings. The molecule has 1 aromatic heterocycles. The Kier molecular flexibility index (Phi) is 2.00. The van der Waals surface area contributed by atoms with E-state index in [-0.39, 0.29) is 22.3 Å². The van der Waals surface area contributed by atoms with E-state index in [4.69, 9.17) is 0 Å². The van der Waals surface area contributed by atoms with Crippen molar-refractivity contribution < 1.29 is 10.0 Å². The average molecular weight is 203 g/mol. The first-order chi connectivity index (χ1) is 7.09. The molecule has 2 aromatic rings. The third-order valence-corrected chi connectivity index (χ3v) is 2.13. The maximum Gasteiger partial charge on any atom is 0.278 e. The Morgan fingerprint density at radius 1 is 1.27 bits per heavy atom. The lowest BCUT2D eigenvalue weighted by Crippen LogP contribution is -1.97. The van der Waals surface area contributed by atoms with Crippen LogP contribution in [0.15, 0.2) is 24.3 Å². The Hall–Kier alpha value is -2.17. The van der Waals surface area contributed by atoms with E-state index < -0.39 is 4.92 Å². The molecular formula is C10H7N2O3-. The van der Waals surface area contributed by atoms with E-state index in [1.54, 1.807) is 19.1 Å². The molecule has 0 radical (unpaired) electrons. The Morgan fingerprint density at radius 3 is 2.67 bits per heavy atom. The summed E-state index contributed by atoms with van der Waals surface area (Å²) in [7, 11) is 0. The molecule has 0 N–H and O–H groups in total. The number of rotatable bonds is 1. The minimum atomic E-state index is -0.515. The van der Waals surface area contributed by atoms with Gasteiger partial charge in [-0.15, -0.1) is 0 Å². The van der Waals surface area contributed by atoms with Crippen LogP contribution < -0.4 is 5.11 Å². The monoisotopic (exact) mass is 203 g/mol. The first-order valence-electron chi connectivity index (χ1n) is 4.31. The van der Waals surface area contributed by atoms with Crippen LogP contribution in [0.2, 0.25) is 0 Å². The van der Waals surface area contributed by atoms with E-state index in [1.165, 1.54) is 12.1 Å². The second-order valence-electron chi connectivity index (χ2n) is 3.19. The summed E-state index contributed by atoms with van der Waals surface area (Å²) in [5.74, 6) is -0.292. The van der Waals surface area contributed by atoms with Crippen LogP contribution in [-0.4, -0.2) is 9.91 Å². The zero-order chi connectivity index (χ0) is 11.0. The van der Waals surface area contributed by atoms with Crippen molar-refractivity contribution in [2.45, 2.75) is 6.92 Å². The fraction of sp³-hybridized carbons (Fsp3) is 0.100. The Labute approximate surface area is 85.1 Å². The molecule has 0 atom stereocenters. The summed E-state index contributed by atoms with van der Waals surface area (Å²) in [6, 6.07) is 5.58. The van der Waals surface area contributed by atoms with Crippen molar-refractivity contribution in [3.05, 3.63) is 40.1 Å². The number of fused-ring (bicyclic) bond motifs is 1.